The van der Waals surface area contributed by atoms with Crippen LogP contribution in [0.1, 0.15) is 18.1 Å². The molecule has 1 aromatic carbocycles. The summed E-state index contributed by atoms with van der Waals surface area (Å²) in [6, 6.07) is 10.3. The molecule has 0 unspecified atom stereocenters. The first kappa shape index (κ1) is 13.4. The van der Waals surface area contributed by atoms with Gasteiger partial charge in [0.1, 0.15) is 12.8 Å². The summed E-state index contributed by atoms with van der Waals surface area (Å²) in [7, 11) is 2.02. The minimum atomic E-state index is 0.683. The molecule has 3 heteroatoms. The Morgan fingerprint density at radius 1 is 1.14 bits per heavy atom. The fourth-order valence-corrected chi connectivity index (χ4v) is 2.33. The zero-order valence-electron chi connectivity index (χ0n) is 12.3. The Labute approximate surface area is 124 Å². The second-order valence-electron chi connectivity index (χ2n) is 5.01. The molecule has 0 fully saturated rings. The second kappa shape index (κ2) is 5.83. The number of hydrogen-bond acceptors (Lipinski definition) is 1. The van der Waals surface area contributed by atoms with Crippen molar-refractivity contribution in [2.45, 2.75) is 6.92 Å². The van der Waals surface area contributed by atoms with Gasteiger partial charge in [0.25, 0.3) is 0 Å². The third-order valence-electron chi connectivity index (χ3n) is 3.46. The number of aryl methyl sites for hydroxylation is 1. The van der Waals surface area contributed by atoms with E-state index in [2.05, 4.69) is 41.4 Å². The van der Waals surface area contributed by atoms with Crippen LogP contribution in [0.3, 0.4) is 0 Å². The smallest absolute Gasteiger partial charge is 0.169 e. The van der Waals surface area contributed by atoms with Crippen LogP contribution in [-0.2, 0) is 7.05 Å². The standard InChI is InChI=1S/C18H18N2O/c1-3-21-16-6-7-18-17(12-16)15(13-19-18)5-4-14-8-10-20(2)11-9-14/h4-13H,3H2,1-2H3/p+1. The molecule has 0 amide bonds. The molecule has 0 bridgehead atoms. The lowest BCUT2D eigenvalue weighted by Crippen LogP contribution is -2.25. The lowest BCUT2D eigenvalue weighted by molar-refractivity contribution is -0.671. The molecule has 0 aliphatic rings. The molecule has 0 aliphatic heterocycles. The van der Waals surface area contributed by atoms with Gasteiger partial charge >= 0.3 is 0 Å². The van der Waals surface area contributed by atoms with Crippen LogP contribution in [0.2, 0.25) is 0 Å². The van der Waals surface area contributed by atoms with Gasteiger partial charge in [-0.1, -0.05) is 12.2 Å². The van der Waals surface area contributed by atoms with Gasteiger partial charge in [-0.15, -0.1) is 0 Å². The maximum absolute atomic E-state index is 5.57. The summed E-state index contributed by atoms with van der Waals surface area (Å²) in [4.78, 5) is 3.29. The average Bonchev–Trinajstić information content (AvgIpc) is 2.90. The Kier molecular flexibility index (Phi) is 3.73. The molecule has 3 aromatic rings. The van der Waals surface area contributed by atoms with E-state index in [-0.39, 0.29) is 0 Å². The number of pyridine rings is 1. The third-order valence-corrected chi connectivity index (χ3v) is 3.46. The lowest BCUT2D eigenvalue weighted by atomic mass is 10.1. The van der Waals surface area contributed by atoms with Crippen LogP contribution in [0.15, 0.2) is 48.9 Å². The van der Waals surface area contributed by atoms with Crippen molar-refractivity contribution in [3.63, 3.8) is 0 Å². The van der Waals surface area contributed by atoms with Crippen molar-refractivity contribution >= 4 is 23.1 Å². The maximum Gasteiger partial charge on any atom is 0.169 e. The fraction of sp³-hybridized carbons (Fsp3) is 0.167. The van der Waals surface area contributed by atoms with E-state index in [1.165, 1.54) is 16.5 Å². The number of benzene rings is 1. The first-order chi connectivity index (χ1) is 10.3. The van der Waals surface area contributed by atoms with Crippen LogP contribution in [0.25, 0.3) is 23.1 Å². The number of hydrogen-bond donors (Lipinski definition) is 1. The Bertz CT molecular complexity index is 770. The highest BCUT2D eigenvalue weighted by Gasteiger charge is 2.03. The molecule has 1 N–H and O–H groups in total. The molecule has 2 heterocycles. The highest BCUT2D eigenvalue weighted by atomic mass is 16.5. The van der Waals surface area contributed by atoms with Crippen molar-refractivity contribution in [2.24, 2.45) is 7.05 Å². The Hall–Kier alpha value is -2.55. The van der Waals surface area contributed by atoms with Gasteiger partial charge in [-0.05, 0) is 36.2 Å². The van der Waals surface area contributed by atoms with E-state index in [1.54, 1.807) is 0 Å². The number of aromatic amines is 1. The van der Waals surface area contributed by atoms with Crippen molar-refractivity contribution in [3.8, 4) is 5.75 Å². The van der Waals surface area contributed by atoms with E-state index in [0.29, 0.717) is 6.61 Å². The molecule has 0 aliphatic carbocycles. The van der Waals surface area contributed by atoms with Gasteiger partial charge in [-0.2, -0.15) is 0 Å². The molecule has 0 atom stereocenters. The SMILES string of the molecule is CCOc1ccc2[nH]cc(/C=C\c3cc[n+](C)cc3)c2c1. The molecule has 0 spiro atoms. The van der Waals surface area contributed by atoms with E-state index < -0.39 is 0 Å². The predicted molar refractivity (Wildman–Crippen MR) is 86.0 cm³/mol. The molecule has 3 nitrogen and oxygen atoms in total. The molecule has 0 saturated heterocycles. The number of fused-ring (bicyclic) bond motifs is 1. The van der Waals surface area contributed by atoms with Gasteiger partial charge in [0.05, 0.1) is 6.61 Å². The van der Waals surface area contributed by atoms with Crippen molar-refractivity contribution in [3.05, 3.63) is 60.0 Å². The van der Waals surface area contributed by atoms with E-state index in [4.69, 9.17) is 4.74 Å². The fourth-order valence-electron chi connectivity index (χ4n) is 2.33. The number of rotatable bonds is 4. The Morgan fingerprint density at radius 2 is 1.95 bits per heavy atom. The van der Waals surface area contributed by atoms with Gasteiger partial charge in [-0.25, -0.2) is 4.57 Å². The summed E-state index contributed by atoms with van der Waals surface area (Å²) < 4.78 is 7.60. The summed E-state index contributed by atoms with van der Waals surface area (Å²) in [5.41, 5.74) is 3.47. The van der Waals surface area contributed by atoms with Crippen LogP contribution in [-0.4, -0.2) is 11.6 Å². The monoisotopic (exact) mass is 279 g/mol. The Balaban J connectivity index is 1.92. The number of aromatic nitrogens is 2. The van der Waals surface area contributed by atoms with E-state index in [9.17, 15) is 0 Å². The van der Waals surface area contributed by atoms with Crippen molar-refractivity contribution in [1.82, 2.24) is 4.98 Å². The van der Waals surface area contributed by atoms with Gasteiger partial charge in [0.2, 0.25) is 0 Å². The van der Waals surface area contributed by atoms with Crippen molar-refractivity contribution < 1.29 is 9.30 Å². The minimum absolute atomic E-state index is 0.683. The lowest BCUT2D eigenvalue weighted by Gasteiger charge is -2.02. The van der Waals surface area contributed by atoms with Gasteiger partial charge in [0.15, 0.2) is 12.4 Å². The quantitative estimate of drug-likeness (QED) is 0.727. The van der Waals surface area contributed by atoms with Gasteiger partial charge in [0, 0.05) is 29.2 Å². The maximum atomic E-state index is 5.57. The minimum Gasteiger partial charge on any atom is -0.494 e. The van der Waals surface area contributed by atoms with E-state index in [1.807, 2.05) is 43.2 Å². The second-order valence-corrected chi connectivity index (χ2v) is 5.01. The molecule has 21 heavy (non-hydrogen) atoms. The number of nitrogens with zero attached hydrogens (tertiary/aromatic N) is 1. The van der Waals surface area contributed by atoms with Crippen LogP contribution < -0.4 is 9.30 Å². The van der Waals surface area contributed by atoms with E-state index >= 15 is 0 Å². The summed E-state index contributed by atoms with van der Waals surface area (Å²) in [5, 5.41) is 1.18. The molecule has 106 valence electrons. The normalized spacial score (nSPS) is 11.3. The molecule has 0 radical (unpaired) electrons. The van der Waals surface area contributed by atoms with Crippen LogP contribution >= 0.6 is 0 Å². The van der Waals surface area contributed by atoms with Gasteiger partial charge < -0.3 is 9.72 Å². The largest absolute Gasteiger partial charge is 0.494 e. The summed E-state index contributed by atoms with van der Waals surface area (Å²) in [5.74, 6) is 0.908. The topological polar surface area (TPSA) is 28.9 Å². The number of H-pyrrole nitrogens is 1. The molecule has 0 saturated carbocycles. The summed E-state index contributed by atoms with van der Waals surface area (Å²) in [6.07, 6.45) is 10.4. The van der Waals surface area contributed by atoms with Crippen LogP contribution in [0, 0.1) is 0 Å². The first-order valence-corrected chi connectivity index (χ1v) is 7.13. The zero-order valence-corrected chi connectivity index (χ0v) is 12.3. The van der Waals surface area contributed by atoms with Crippen LogP contribution in [0.5, 0.6) is 5.75 Å². The number of ether oxygens (including phenoxy) is 1. The first-order valence-electron chi connectivity index (χ1n) is 7.13. The van der Waals surface area contributed by atoms with Gasteiger partial charge in [-0.3, -0.25) is 0 Å². The summed E-state index contributed by atoms with van der Waals surface area (Å²) in [6.45, 7) is 2.68. The highest BCUT2D eigenvalue weighted by Crippen LogP contribution is 2.25. The van der Waals surface area contributed by atoms with Crippen molar-refractivity contribution in [1.29, 1.82) is 0 Å². The molecule has 3 rings (SSSR count). The Morgan fingerprint density at radius 3 is 2.71 bits per heavy atom. The third kappa shape index (κ3) is 2.97. The molecular formula is C18H19N2O+. The van der Waals surface area contributed by atoms with E-state index in [0.717, 1.165) is 11.3 Å². The predicted octanol–water partition coefficient (Wildman–Crippen LogP) is 3.56. The number of nitrogens with one attached hydrogen (secondary N) is 1. The highest BCUT2D eigenvalue weighted by molar-refractivity contribution is 5.92. The average molecular weight is 279 g/mol. The van der Waals surface area contributed by atoms with Crippen LogP contribution in [0.4, 0.5) is 0 Å². The molecular weight excluding hydrogens is 260 g/mol. The molecule has 2 aromatic heterocycles. The van der Waals surface area contributed by atoms with Crippen molar-refractivity contribution in [2.75, 3.05) is 6.61 Å². The zero-order chi connectivity index (χ0) is 14.7. The summed E-state index contributed by atoms with van der Waals surface area (Å²) >= 11 is 0.